The van der Waals surface area contributed by atoms with Crippen LogP contribution in [0.4, 0.5) is 5.82 Å². The number of ketones is 1. The van der Waals surface area contributed by atoms with E-state index in [2.05, 4.69) is 36.8 Å². The van der Waals surface area contributed by atoms with Crippen molar-refractivity contribution < 1.29 is 29.0 Å². The molecule has 0 fully saturated rings. The second-order valence-electron chi connectivity index (χ2n) is 8.51. The lowest BCUT2D eigenvalue weighted by Crippen LogP contribution is -2.28. The van der Waals surface area contributed by atoms with Crippen LogP contribution in [0.15, 0.2) is 77.4 Å². The van der Waals surface area contributed by atoms with Gasteiger partial charge in [-0.25, -0.2) is 10.2 Å². The minimum atomic E-state index is -0.277. The largest absolute Gasteiger partial charge is 0.491 e. The van der Waals surface area contributed by atoms with Crippen LogP contribution in [0.1, 0.15) is 50.2 Å². The van der Waals surface area contributed by atoms with Gasteiger partial charge >= 0.3 is 0 Å². The number of nitrogens with zero attached hydrogens (tertiary/aromatic N) is 2. The Kier molecular flexibility index (Phi) is 10.2. The lowest BCUT2D eigenvalue weighted by atomic mass is 9.86. The summed E-state index contributed by atoms with van der Waals surface area (Å²) in [4.78, 5) is 29.7. The van der Waals surface area contributed by atoms with E-state index in [1.54, 1.807) is 24.4 Å². The molecular weight excluding hydrogens is 520 g/mol. The summed E-state index contributed by atoms with van der Waals surface area (Å²) in [6, 6.07) is 14.2. The van der Waals surface area contributed by atoms with Crippen LogP contribution in [0.5, 0.6) is 5.75 Å². The van der Waals surface area contributed by atoms with Crippen LogP contribution < -0.4 is 15.5 Å². The van der Waals surface area contributed by atoms with E-state index in [1.807, 2.05) is 36.4 Å². The summed E-state index contributed by atoms with van der Waals surface area (Å²) < 4.78 is 10.4. The number of nitrogens with one attached hydrogen (secondary N) is 2. The maximum Gasteiger partial charge on any atom is 0.252 e. The molecule has 0 saturated heterocycles. The molecule has 10 nitrogen and oxygen atoms in total. The van der Waals surface area contributed by atoms with E-state index < -0.39 is 0 Å². The van der Waals surface area contributed by atoms with Crippen LogP contribution in [0.25, 0.3) is 0 Å². The van der Waals surface area contributed by atoms with Crippen molar-refractivity contribution in [3.05, 3.63) is 95.2 Å². The van der Waals surface area contributed by atoms with Crippen LogP contribution in [-0.2, 0) is 22.2 Å². The number of ether oxygens (including phenoxy) is 1. The number of carbonyl (C=O) groups excluding carboxylic acids is 2. The predicted octanol–water partition coefficient (Wildman–Crippen LogP) is 5.01. The maximum absolute atomic E-state index is 12.5. The highest BCUT2D eigenvalue weighted by atomic mass is 32.2. The number of hydrogen-bond donors (Lipinski definition) is 3. The molecule has 0 radical (unpaired) electrons. The van der Waals surface area contributed by atoms with Gasteiger partial charge in [-0.2, -0.15) is 5.10 Å². The molecule has 1 aliphatic rings. The van der Waals surface area contributed by atoms with Gasteiger partial charge in [0.15, 0.2) is 5.78 Å². The van der Waals surface area contributed by atoms with Gasteiger partial charge in [-0.3, -0.25) is 15.0 Å². The first kappa shape index (κ1) is 28.0. The van der Waals surface area contributed by atoms with Crippen molar-refractivity contribution in [3.63, 3.8) is 0 Å². The van der Waals surface area contributed by atoms with E-state index in [-0.39, 0.29) is 18.3 Å². The molecule has 1 amide bonds. The van der Waals surface area contributed by atoms with E-state index in [0.29, 0.717) is 41.4 Å². The van der Waals surface area contributed by atoms with Gasteiger partial charge in [0.25, 0.3) is 5.91 Å². The van der Waals surface area contributed by atoms with E-state index >= 15 is 0 Å². The number of hydrogen-bond acceptors (Lipinski definition) is 10. The number of carbonyl (C=O) groups is 2. The van der Waals surface area contributed by atoms with Gasteiger partial charge < -0.3 is 10.1 Å². The van der Waals surface area contributed by atoms with Crippen molar-refractivity contribution in [3.8, 4) is 5.75 Å². The van der Waals surface area contributed by atoms with Gasteiger partial charge in [-0.15, -0.1) is 10.9 Å². The van der Waals surface area contributed by atoms with Gasteiger partial charge in [-0.05, 0) is 55.2 Å². The SMILES string of the molecule is C=CCc1c(OCCNC(=O)c2ccc(N/N=C/c3ccccc3SOOO)nc2)ccc2c1CCCC2=O. The zero-order valence-electron chi connectivity index (χ0n) is 21.1. The molecule has 0 atom stereocenters. The Bertz CT molecular complexity index is 1350. The van der Waals surface area contributed by atoms with Crippen molar-refractivity contribution in [2.75, 3.05) is 18.6 Å². The molecule has 0 unspecified atom stereocenters. The average Bonchev–Trinajstić information content (AvgIpc) is 2.96. The molecule has 1 aliphatic carbocycles. The van der Waals surface area contributed by atoms with Gasteiger partial charge in [-0.1, -0.05) is 29.3 Å². The molecule has 4 rings (SSSR count). The van der Waals surface area contributed by atoms with Crippen molar-refractivity contribution in [2.24, 2.45) is 5.10 Å². The Morgan fingerprint density at radius 3 is 2.85 bits per heavy atom. The van der Waals surface area contributed by atoms with Crippen LogP contribution in [-0.4, -0.2) is 41.3 Å². The zero-order valence-corrected chi connectivity index (χ0v) is 21.9. The summed E-state index contributed by atoms with van der Waals surface area (Å²) in [5.74, 6) is 1.06. The molecule has 0 aliphatic heterocycles. The smallest absolute Gasteiger partial charge is 0.252 e. The van der Waals surface area contributed by atoms with Crippen molar-refractivity contribution >= 4 is 35.8 Å². The number of fused-ring (bicyclic) bond motifs is 1. The van der Waals surface area contributed by atoms with Crippen LogP contribution in [0.3, 0.4) is 0 Å². The van der Waals surface area contributed by atoms with Crippen molar-refractivity contribution in [2.45, 2.75) is 30.6 Å². The lowest BCUT2D eigenvalue weighted by Gasteiger charge is -2.21. The summed E-state index contributed by atoms with van der Waals surface area (Å²) in [5, 5.41) is 18.9. The minimum absolute atomic E-state index is 0.173. The predicted molar refractivity (Wildman–Crippen MR) is 148 cm³/mol. The second-order valence-corrected chi connectivity index (χ2v) is 9.25. The monoisotopic (exact) mass is 548 g/mol. The molecule has 3 aromatic rings. The molecule has 0 saturated carbocycles. The third kappa shape index (κ3) is 7.52. The summed E-state index contributed by atoms with van der Waals surface area (Å²) >= 11 is 0.837. The zero-order chi connectivity index (χ0) is 27.5. The molecule has 1 aromatic heterocycles. The highest BCUT2D eigenvalue weighted by Crippen LogP contribution is 2.32. The molecular formula is C28H28N4O6S. The Morgan fingerprint density at radius 2 is 2.05 bits per heavy atom. The number of benzene rings is 2. The molecule has 0 spiro atoms. The molecule has 1 heterocycles. The van der Waals surface area contributed by atoms with E-state index in [4.69, 9.17) is 9.99 Å². The third-order valence-corrected chi connectivity index (χ3v) is 6.67. The van der Waals surface area contributed by atoms with Crippen molar-refractivity contribution in [1.29, 1.82) is 0 Å². The third-order valence-electron chi connectivity index (χ3n) is 5.99. The first-order valence-corrected chi connectivity index (χ1v) is 13.0. The number of hydrazone groups is 1. The summed E-state index contributed by atoms with van der Waals surface area (Å²) in [6.45, 7) is 4.41. The molecule has 3 N–H and O–H groups in total. The molecule has 39 heavy (non-hydrogen) atoms. The van der Waals surface area contributed by atoms with Gasteiger partial charge in [0.05, 0.1) is 30.4 Å². The first-order valence-electron chi connectivity index (χ1n) is 12.3. The Labute approximate surface area is 230 Å². The minimum Gasteiger partial charge on any atom is -0.491 e. The second kappa shape index (κ2) is 14.2. The van der Waals surface area contributed by atoms with Crippen LogP contribution in [0.2, 0.25) is 0 Å². The number of aromatic nitrogens is 1. The summed E-state index contributed by atoms with van der Waals surface area (Å²) in [5.41, 5.74) is 6.74. The highest BCUT2D eigenvalue weighted by Gasteiger charge is 2.22. The van der Waals surface area contributed by atoms with Crippen LogP contribution >= 0.6 is 12.0 Å². The normalized spacial score (nSPS) is 12.7. The van der Waals surface area contributed by atoms with E-state index in [1.165, 1.54) is 6.20 Å². The lowest BCUT2D eigenvalue weighted by molar-refractivity contribution is -0.432. The van der Waals surface area contributed by atoms with Gasteiger partial charge in [0.1, 0.15) is 18.2 Å². The number of allylic oxidation sites excluding steroid dienone is 1. The number of anilines is 1. The average molecular weight is 549 g/mol. The number of pyridine rings is 1. The van der Waals surface area contributed by atoms with Gasteiger partial charge in [0.2, 0.25) is 0 Å². The molecule has 0 bridgehead atoms. The summed E-state index contributed by atoms with van der Waals surface area (Å²) in [6.07, 6.45) is 7.71. The number of rotatable bonds is 13. The Balaban J connectivity index is 1.27. The fraction of sp³-hybridized carbons (Fsp3) is 0.214. The fourth-order valence-corrected chi connectivity index (χ4v) is 4.64. The maximum atomic E-state index is 12.5. The Morgan fingerprint density at radius 1 is 1.18 bits per heavy atom. The standard InChI is InChI=1S/C28H28N4O6S/c1-2-6-23-21-8-5-9-24(33)22(21)12-13-25(23)36-16-15-29-28(34)20-11-14-27(30-17-20)32-31-18-19-7-3-4-10-26(19)39-38-37-35/h2-4,7,10-14,17-18,35H,1,5-6,8-9,15-16H2,(H,29,34)(H,30,32)/b31-18+. The van der Waals surface area contributed by atoms with Crippen LogP contribution in [0, 0.1) is 0 Å². The quantitative estimate of drug-likeness (QED) is 0.0673. The molecule has 11 heteroatoms. The number of Topliss-reactive ketones (excluding diaryl/α,β-unsaturated/α-hetero) is 1. The topological polar surface area (TPSA) is 131 Å². The van der Waals surface area contributed by atoms with Gasteiger partial charge in [0, 0.05) is 34.2 Å². The fourth-order valence-electron chi connectivity index (χ4n) is 4.19. The highest BCUT2D eigenvalue weighted by molar-refractivity contribution is 7.94. The first-order chi connectivity index (χ1) is 19.1. The van der Waals surface area contributed by atoms with E-state index in [0.717, 1.165) is 47.1 Å². The summed E-state index contributed by atoms with van der Waals surface area (Å²) in [7, 11) is 0. The van der Waals surface area contributed by atoms with Crippen molar-refractivity contribution in [1.82, 2.24) is 10.3 Å². The Hall–Kier alpha value is -4.03. The molecule has 202 valence electrons. The molecule has 2 aromatic carbocycles. The van der Waals surface area contributed by atoms with E-state index in [9.17, 15) is 9.59 Å². The number of amides is 1.